The number of carbonyl (C=O) groups is 2. The number of thioether (sulfide) groups is 1. The summed E-state index contributed by atoms with van der Waals surface area (Å²) in [7, 11) is -4.96. The molecule has 3 aliphatic rings. The zero-order chi connectivity index (χ0) is 33.6. The van der Waals surface area contributed by atoms with Crippen LogP contribution < -0.4 is 15.0 Å². The van der Waals surface area contributed by atoms with E-state index in [2.05, 4.69) is 0 Å². The first-order valence-corrected chi connectivity index (χ1v) is 17.6. The van der Waals surface area contributed by atoms with Crippen LogP contribution in [-0.2, 0) is 24.6 Å². The number of rotatable bonds is 8. The molecule has 0 radical (unpaired) electrons. The number of amides is 1. The van der Waals surface area contributed by atoms with Gasteiger partial charge >= 0.3 is 13.7 Å². The van der Waals surface area contributed by atoms with E-state index < -0.39 is 60.7 Å². The van der Waals surface area contributed by atoms with Crippen LogP contribution in [0.15, 0.2) is 58.4 Å². The Morgan fingerprint density at radius 2 is 1.94 bits per heavy atom. The van der Waals surface area contributed by atoms with Gasteiger partial charge in [-0.2, -0.15) is 4.67 Å². The Morgan fingerprint density at radius 1 is 1.17 bits per heavy atom. The third-order valence-corrected chi connectivity index (χ3v) is 11.3. The lowest BCUT2D eigenvalue weighted by Gasteiger charge is -2.51. The Labute approximate surface area is 273 Å². The maximum absolute atomic E-state index is 15.4. The SMILES string of the molecule is CCOC(=O)[C@H](C)N(CC)P(=O)(O)Oc1c2n(ccc1=O)N([C@@H]1c3ccccc3SCc3c1ccc(F)c3F)[C@@H]1COCCN1C2=O. The topological polar surface area (TPSA) is 131 Å². The number of halogens is 2. The Bertz CT molecular complexity index is 1840. The molecule has 1 unspecified atom stereocenters. The molecule has 1 amide bonds. The van der Waals surface area contributed by atoms with Crippen LogP contribution in [-0.4, -0.2) is 76.1 Å². The van der Waals surface area contributed by atoms with Gasteiger partial charge in [-0.25, -0.2) is 13.3 Å². The minimum absolute atomic E-state index is 0.0392. The fourth-order valence-corrected chi connectivity index (χ4v) is 8.81. The normalized spacial score (nSPS) is 20.7. The number of aromatic nitrogens is 1. The van der Waals surface area contributed by atoms with E-state index in [1.807, 2.05) is 24.3 Å². The van der Waals surface area contributed by atoms with Crippen LogP contribution in [0.3, 0.4) is 0 Å². The highest BCUT2D eigenvalue weighted by Crippen LogP contribution is 2.49. The van der Waals surface area contributed by atoms with Crippen molar-refractivity contribution >= 4 is 31.4 Å². The average molecular weight is 691 g/mol. The van der Waals surface area contributed by atoms with Crippen LogP contribution in [0.25, 0.3) is 0 Å². The van der Waals surface area contributed by atoms with Gasteiger partial charge in [-0.05, 0) is 37.1 Å². The van der Waals surface area contributed by atoms with Crippen LogP contribution in [0, 0.1) is 11.6 Å². The number of pyridine rings is 1. The molecule has 6 rings (SSSR count). The standard InChI is InChI=1S/C31H33F2N4O8PS/c1-4-36(18(3)31(40)44-5-2)46(41,42)45-29-23(38)12-13-35-28(29)30(39)34-14-15-43-16-25(34)37(35)27-19-10-11-22(32)26(33)21(19)17-47-24-9-7-6-8-20(24)27/h6-13,18,25,27H,4-5,14-17H2,1-3H3,(H,41,42)/t18-,25+,27-/m0/s1. The zero-order valence-corrected chi connectivity index (χ0v) is 27.5. The minimum Gasteiger partial charge on any atom is -0.465 e. The lowest BCUT2D eigenvalue weighted by molar-refractivity contribution is -0.147. The van der Waals surface area contributed by atoms with E-state index in [9.17, 15) is 28.2 Å². The predicted molar refractivity (Wildman–Crippen MR) is 168 cm³/mol. The molecule has 16 heteroatoms. The average Bonchev–Trinajstić information content (AvgIpc) is 3.22. The van der Waals surface area contributed by atoms with Crippen molar-refractivity contribution in [2.75, 3.05) is 37.9 Å². The molecule has 250 valence electrons. The summed E-state index contributed by atoms with van der Waals surface area (Å²) in [5, 5.41) is 1.73. The van der Waals surface area contributed by atoms with Crippen molar-refractivity contribution < 1.29 is 41.8 Å². The third-order valence-electron chi connectivity index (χ3n) is 8.47. The Balaban J connectivity index is 1.56. The second-order valence-electron chi connectivity index (χ2n) is 11.1. The highest BCUT2D eigenvalue weighted by atomic mass is 32.2. The second-order valence-corrected chi connectivity index (χ2v) is 13.8. The molecule has 4 heterocycles. The molecular formula is C31H33F2N4O8PS. The summed E-state index contributed by atoms with van der Waals surface area (Å²) in [5.74, 6) is -3.99. The smallest absolute Gasteiger partial charge is 0.459 e. The summed E-state index contributed by atoms with van der Waals surface area (Å²) in [6.07, 6.45) is 0.563. The van der Waals surface area contributed by atoms with E-state index in [4.69, 9.17) is 14.0 Å². The Morgan fingerprint density at radius 3 is 2.68 bits per heavy atom. The lowest BCUT2D eigenvalue weighted by Crippen LogP contribution is -2.66. The van der Waals surface area contributed by atoms with Gasteiger partial charge in [0.2, 0.25) is 11.2 Å². The minimum atomic E-state index is -4.96. The number of nitrogens with zero attached hydrogens (tertiary/aromatic N) is 4. The molecule has 1 N–H and O–H groups in total. The monoisotopic (exact) mass is 690 g/mol. The van der Waals surface area contributed by atoms with E-state index in [0.717, 1.165) is 27.3 Å². The fraction of sp³-hybridized carbons (Fsp3) is 0.387. The molecule has 47 heavy (non-hydrogen) atoms. The summed E-state index contributed by atoms with van der Waals surface area (Å²) in [6.45, 7) is 4.72. The second kappa shape index (κ2) is 13.0. The quantitative estimate of drug-likeness (QED) is 0.272. The van der Waals surface area contributed by atoms with Gasteiger partial charge in [0.05, 0.1) is 25.9 Å². The van der Waals surface area contributed by atoms with Crippen LogP contribution >= 0.6 is 19.5 Å². The summed E-state index contributed by atoms with van der Waals surface area (Å²) >= 11 is 1.34. The Hall–Kier alpha value is -3.75. The zero-order valence-electron chi connectivity index (χ0n) is 25.8. The molecule has 1 saturated heterocycles. The number of hydrogen-bond donors (Lipinski definition) is 1. The van der Waals surface area contributed by atoms with Gasteiger partial charge in [-0.1, -0.05) is 31.2 Å². The van der Waals surface area contributed by atoms with Crippen molar-refractivity contribution in [3.8, 4) is 5.75 Å². The molecule has 3 aliphatic heterocycles. The Kier molecular flexibility index (Phi) is 9.20. The van der Waals surface area contributed by atoms with E-state index in [1.165, 1.54) is 47.4 Å². The van der Waals surface area contributed by atoms with Gasteiger partial charge in [0, 0.05) is 41.6 Å². The number of benzene rings is 2. The number of morpholine rings is 1. The van der Waals surface area contributed by atoms with Crippen molar-refractivity contribution in [2.24, 2.45) is 0 Å². The number of ether oxygens (including phenoxy) is 2. The van der Waals surface area contributed by atoms with Crippen LogP contribution in [0.1, 0.15) is 54.0 Å². The van der Waals surface area contributed by atoms with E-state index in [0.29, 0.717) is 5.56 Å². The first-order valence-electron chi connectivity index (χ1n) is 15.1. The van der Waals surface area contributed by atoms with Crippen molar-refractivity contribution in [3.05, 3.63) is 92.9 Å². The highest BCUT2D eigenvalue weighted by Gasteiger charge is 2.48. The van der Waals surface area contributed by atoms with Gasteiger partial charge in [0.25, 0.3) is 5.91 Å². The highest BCUT2D eigenvalue weighted by molar-refractivity contribution is 7.98. The number of hydrogen-bond acceptors (Lipinski definition) is 9. The van der Waals surface area contributed by atoms with Crippen molar-refractivity contribution in [2.45, 2.75) is 49.7 Å². The molecule has 4 atom stereocenters. The van der Waals surface area contributed by atoms with Crippen LogP contribution in [0.4, 0.5) is 8.78 Å². The molecule has 12 nitrogen and oxygen atoms in total. The van der Waals surface area contributed by atoms with Gasteiger partial charge in [-0.15, -0.1) is 11.8 Å². The van der Waals surface area contributed by atoms with Gasteiger partial charge < -0.3 is 23.8 Å². The molecule has 0 aliphatic carbocycles. The summed E-state index contributed by atoms with van der Waals surface area (Å²) in [6, 6.07) is 8.95. The summed E-state index contributed by atoms with van der Waals surface area (Å²) in [5.41, 5.74) is 0.102. The summed E-state index contributed by atoms with van der Waals surface area (Å²) in [4.78, 5) is 53.6. The van der Waals surface area contributed by atoms with Crippen LogP contribution in [0.5, 0.6) is 5.75 Å². The van der Waals surface area contributed by atoms with E-state index >= 15 is 4.39 Å². The number of fused-ring (bicyclic) bond motifs is 4. The van der Waals surface area contributed by atoms with Gasteiger partial charge in [0.1, 0.15) is 12.2 Å². The third kappa shape index (κ3) is 5.73. The number of carbonyl (C=O) groups excluding carboxylic acids is 2. The maximum Gasteiger partial charge on any atom is 0.459 e. The largest absolute Gasteiger partial charge is 0.465 e. The van der Waals surface area contributed by atoms with Gasteiger partial charge in [0.15, 0.2) is 17.3 Å². The van der Waals surface area contributed by atoms with Crippen molar-refractivity contribution in [1.29, 1.82) is 0 Å². The number of likely N-dealkylation sites (N-methyl/N-ethyl adjacent to an activating group) is 1. The van der Waals surface area contributed by atoms with E-state index in [1.54, 1.807) is 11.9 Å². The number of esters is 1. The maximum atomic E-state index is 15.4. The predicted octanol–water partition coefficient (Wildman–Crippen LogP) is 4.02. The molecule has 1 aromatic heterocycles. The van der Waals surface area contributed by atoms with E-state index in [-0.39, 0.29) is 49.9 Å². The molecular weight excluding hydrogens is 657 g/mol. The molecule has 1 fully saturated rings. The summed E-state index contributed by atoms with van der Waals surface area (Å²) < 4.78 is 62.5. The fourth-order valence-electron chi connectivity index (χ4n) is 6.29. The first kappa shape index (κ1) is 33.2. The van der Waals surface area contributed by atoms with Crippen LogP contribution in [0.2, 0.25) is 0 Å². The molecule has 2 aromatic carbocycles. The molecule has 3 aromatic rings. The molecule has 0 spiro atoms. The van der Waals surface area contributed by atoms with Crippen molar-refractivity contribution in [3.63, 3.8) is 0 Å². The van der Waals surface area contributed by atoms with Gasteiger partial charge in [-0.3, -0.25) is 24.1 Å². The lowest BCUT2D eigenvalue weighted by atomic mass is 9.93. The first-order chi connectivity index (χ1) is 22.5. The molecule has 0 bridgehead atoms. The van der Waals surface area contributed by atoms with Crippen molar-refractivity contribution in [1.82, 2.24) is 14.2 Å². The molecule has 0 saturated carbocycles.